The molecule has 0 aromatic rings. The fraction of sp³-hybridized carbons (Fsp3) is 1.00. The van der Waals surface area contributed by atoms with E-state index in [-0.39, 0.29) is 20.2 Å². The van der Waals surface area contributed by atoms with Gasteiger partial charge in [-0.05, 0) is 72.5 Å². The van der Waals surface area contributed by atoms with Crippen molar-refractivity contribution in [2.75, 3.05) is 6.61 Å². The van der Waals surface area contributed by atoms with Crippen molar-refractivity contribution in [1.29, 1.82) is 0 Å². The van der Waals surface area contributed by atoms with Crippen molar-refractivity contribution in [1.82, 2.24) is 0 Å². The van der Waals surface area contributed by atoms with Gasteiger partial charge in [0.15, 0.2) is 39.6 Å². The SMILES string of the molecule is CC(C)(C)[Si](C)(C)OC[C@H]1O[C@@H](O)[C@H](O[Si](C)(C)C(C)(C)C)[C@@H](O[Si](C)(C)C(C)(C)C)[C@@H]1O[Si](C)(C)C(C)(C)C. The van der Waals surface area contributed by atoms with Gasteiger partial charge in [0.1, 0.15) is 24.4 Å². The van der Waals surface area contributed by atoms with Crippen molar-refractivity contribution in [3.8, 4) is 0 Å². The molecule has 0 amide bonds. The van der Waals surface area contributed by atoms with Crippen LogP contribution in [-0.2, 0) is 22.4 Å². The smallest absolute Gasteiger partial charge is 0.192 e. The maximum Gasteiger partial charge on any atom is 0.192 e. The monoisotopic (exact) mass is 636 g/mol. The zero-order chi connectivity index (χ0) is 32.1. The van der Waals surface area contributed by atoms with Gasteiger partial charge in [0, 0.05) is 0 Å². The van der Waals surface area contributed by atoms with Crippen LogP contribution in [0.5, 0.6) is 0 Å². The van der Waals surface area contributed by atoms with E-state index >= 15 is 0 Å². The Kier molecular flexibility index (Phi) is 11.8. The molecule has 0 saturated carbocycles. The summed E-state index contributed by atoms with van der Waals surface area (Å²) in [6.45, 7) is 45.3. The van der Waals surface area contributed by atoms with E-state index in [1.807, 2.05) is 0 Å². The lowest BCUT2D eigenvalue weighted by molar-refractivity contribution is -0.276. The highest BCUT2D eigenvalue weighted by Gasteiger charge is 2.56. The van der Waals surface area contributed by atoms with Crippen molar-refractivity contribution >= 4 is 33.3 Å². The van der Waals surface area contributed by atoms with E-state index in [9.17, 15) is 5.11 Å². The van der Waals surface area contributed by atoms with Crippen LogP contribution < -0.4 is 0 Å². The van der Waals surface area contributed by atoms with Crippen LogP contribution in [0.3, 0.4) is 0 Å². The first-order valence-electron chi connectivity index (χ1n) is 15.3. The Labute approximate surface area is 253 Å². The molecule has 240 valence electrons. The second kappa shape index (κ2) is 12.2. The average Bonchev–Trinajstić information content (AvgIpc) is 2.67. The van der Waals surface area contributed by atoms with Gasteiger partial charge < -0.3 is 27.5 Å². The van der Waals surface area contributed by atoms with Crippen LogP contribution in [0.4, 0.5) is 0 Å². The summed E-state index contributed by atoms with van der Waals surface area (Å²) in [7, 11) is -8.93. The number of aliphatic hydroxyl groups is 1. The van der Waals surface area contributed by atoms with Crippen molar-refractivity contribution in [2.24, 2.45) is 0 Å². The van der Waals surface area contributed by atoms with E-state index in [4.69, 9.17) is 22.4 Å². The predicted molar refractivity (Wildman–Crippen MR) is 180 cm³/mol. The minimum atomic E-state index is -2.30. The molecule has 1 aliphatic rings. The molecule has 0 aliphatic carbocycles. The number of ether oxygens (including phenoxy) is 1. The maximum atomic E-state index is 11.6. The van der Waals surface area contributed by atoms with Gasteiger partial charge in [-0.15, -0.1) is 0 Å². The molecule has 0 spiro atoms. The highest BCUT2D eigenvalue weighted by Crippen LogP contribution is 2.46. The van der Waals surface area contributed by atoms with Gasteiger partial charge in [-0.25, -0.2) is 0 Å². The normalized spacial score (nSPS) is 26.8. The van der Waals surface area contributed by atoms with Gasteiger partial charge in [-0.3, -0.25) is 0 Å². The lowest BCUT2D eigenvalue weighted by Crippen LogP contribution is -2.68. The van der Waals surface area contributed by atoms with E-state index in [0.29, 0.717) is 6.61 Å². The first kappa shape index (κ1) is 38.7. The molecule has 1 aliphatic heterocycles. The molecular weight excluding hydrogens is 569 g/mol. The van der Waals surface area contributed by atoms with Gasteiger partial charge in [-0.1, -0.05) is 83.1 Å². The van der Waals surface area contributed by atoms with Crippen LogP contribution in [0.2, 0.25) is 72.5 Å². The Hall–Kier alpha value is 0.628. The third kappa shape index (κ3) is 9.08. The van der Waals surface area contributed by atoms with Gasteiger partial charge >= 0.3 is 0 Å². The van der Waals surface area contributed by atoms with Crippen molar-refractivity contribution in [3.63, 3.8) is 0 Å². The second-order valence-corrected chi connectivity index (χ2v) is 37.2. The van der Waals surface area contributed by atoms with E-state index < -0.39 is 64.0 Å². The highest BCUT2D eigenvalue weighted by atomic mass is 28.4. The Balaban J connectivity index is 3.75. The molecule has 1 N–H and O–H groups in total. The average molecular weight is 637 g/mol. The molecule has 0 aromatic carbocycles. The summed E-state index contributed by atoms with van der Waals surface area (Å²) in [4.78, 5) is 0. The molecule has 40 heavy (non-hydrogen) atoms. The first-order valence-corrected chi connectivity index (χ1v) is 26.9. The molecule has 0 bridgehead atoms. The van der Waals surface area contributed by atoms with Crippen LogP contribution in [0.15, 0.2) is 0 Å². The summed E-state index contributed by atoms with van der Waals surface area (Å²) in [6.07, 6.45) is -3.13. The van der Waals surface area contributed by atoms with Gasteiger partial charge in [0.2, 0.25) is 0 Å². The fourth-order valence-electron chi connectivity index (χ4n) is 3.49. The summed E-state index contributed by atoms with van der Waals surface area (Å²) in [5, 5.41) is 11.6. The molecule has 0 aromatic heterocycles. The Morgan fingerprint density at radius 1 is 0.500 bits per heavy atom. The predicted octanol–water partition coefficient (Wildman–Crippen LogP) is 8.90. The third-order valence-corrected chi connectivity index (χ3v) is 28.7. The van der Waals surface area contributed by atoms with Crippen LogP contribution in [0.25, 0.3) is 0 Å². The number of hydrogen-bond acceptors (Lipinski definition) is 6. The second-order valence-electron chi connectivity index (χ2n) is 18.2. The van der Waals surface area contributed by atoms with Crippen molar-refractivity contribution in [2.45, 2.75) is 186 Å². The zero-order valence-electron chi connectivity index (χ0n) is 30.1. The Morgan fingerprint density at radius 2 is 0.800 bits per heavy atom. The van der Waals surface area contributed by atoms with Crippen LogP contribution in [0.1, 0.15) is 83.1 Å². The summed E-state index contributed by atoms with van der Waals surface area (Å²) in [5.74, 6) is 0. The molecule has 10 heteroatoms. The minimum Gasteiger partial charge on any atom is -0.414 e. The zero-order valence-corrected chi connectivity index (χ0v) is 34.1. The molecule has 0 unspecified atom stereocenters. The summed E-state index contributed by atoms with van der Waals surface area (Å²) in [5.41, 5.74) is 0. The third-order valence-electron chi connectivity index (χ3n) is 10.7. The first-order chi connectivity index (χ1) is 17.3. The lowest BCUT2D eigenvalue weighted by atomic mass is 9.99. The van der Waals surface area contributed by atoms with E-state index in [0.717, 1.165) is 0 Å². The molecule has 0 radical (unpaired) electrons. The largest absolute Gasteiger partial charge is 0.414 e. The Bertz CT molecular complexity index is 831. The minimum absolute atomic E-state index is 0.00872. The molecule has 1 saturated heterocycles. The standard InChI is InChI=1S/C30H68O6Si4/c1-27(2,3)37(13,14)32-21-22-23(34-38(15,16)28(4,5)6)24(35-39(17,18)29(7,8)9)25(26(31)33-22)36-40(19,20)30(10,11)12/h22-26,31H,21H2,1-20H3/t22-,23-,24+,25-,26-/m1/s1. The maximum absolute atomic E-state index is 11.6. The van der Waals surface area contributed by atoms with E-state index in [2.05, 4.69) is 135 Å². The number of hydrogen-bond donors (Lipinski definition) is 1. The van der Waals surface area contributed by atoms with Gasteiger partial charge in [0.05, 0.1) is 6.61 Å². The molecule has 1 heterocycles. The lowest BCUT2D eigenvalue weighted by Gasteiger charge is -2.54. The van der Waals surface area contributed by atoms with Crippen LogP contribution >= 0.6 is 0 Å². The molecular formula is C30H68O6Si4. The number of aliphatic hydroxyl groups excluding tert-OH is 1. The van der Waals surface area contributed by atoms with Crippen LogP contribution in [-0.4, -0.2) is 75.7 Å². The summed E-state index contributed by atoms with van der Waals surface area (Å²) >= 11 is 0. The van der Waals surface area contributed by atoms with E-state index in [1.54, 1.807) is 0 Å². The summed E-state index contributed by atoms with van der Waals surface area (Å²) in [6, 6.07) is 0. The topological polar surface area (TPSA) is 66.4 Å². The highest BCUT2D eigenvalue weighted by molar-refractivity contribution is 6.75. The van der Waals surface area contributed by atoms with Crippen molar-refractivity contribution in [3.05, 3.63) is 0 Å². The fourth-order valence-corrected chi connectivity index (χ4v) is 8.41. The van der Waals surface area contributed by atoms with Gasteiger partial charge in [-0.2, -0.15) is 0 Å². The molecule has 1 rings (SSSR count). The van der Waals surface area contributed by atoms with E-state index in [1.165, 1.54) is 0 Å². The molecule has 5 atom stereocenters. The Morgan fingerprint density at radius 3 is 1.12 bits per heavy atom. The van der Waals surface area contributed by atoms with Gasteiger partial charge in [0.25, 0.3) is 0 Å². The molecule has 1 fully saturated rings. The number of rotatable bonds is 9. The van der Waals surface area contributed by atoms with Crippen molar-refractivity contribution < 1.29 is 27.5 Å². The summed E-state index contributed by atoms with van der Waals surface area (Å²) < 4.78 is 34.6. The molecule has 6 nitrogen and oxygen atoms in total. The quantitative estimate of drug-likeness (QED) is 0.255. The van der Waals surface area contributed by atoms with Crippen LogP contribution in [0, 0.1) is 0 Å².